The van der Waals surface area contributed by atoms with Gasteiger partial charge in [-0.1, -0.05) is 12.1 Å². The van der Waals surface area contributed by atoms with Gasteiger partial charge in [-0.05, 0) is 38.0 Å². The van der Waals surface area contributed by atoms with Gasteiger partial charge in [0.1, 0.15) is 0 Å². The zero-order valence-corrected chi connectivity index (χ0v) is 7.26. The first kappa shape index (κ1) is 7.99. The van der Waals surface area contributed by atoms with Crippen LogP contribution in [0.2, 0.25) is 0 Å². The van der Waals surface area contributed by atoms with E-state index in [2.05, 4.69) is 24.1 Å². The van der Waals surface area contributed by atoms with Crippen molar-refractivity contribution in [2.24, 2.45) is 0 Å². The Balaban J connectivity index is 2.99. The van der Waals surface area contributed by atoms with Gasteiger partial charge in [-0.15, -0.1) is 0 Å². The molecule has 58 valence electrons. The average Bonchev–Trinajstić information content (AvgIpc) is 2.05. The normalized spacial score (nSPS) is 11.7. The molecule has 0 unspecified atom stereocenters. The van der Waals surface area contributed by atoms with Crippen molar-refractivity contribution in [3.05, 3.63) is 35.7 Å². The van der Waals surface area contributed by atoms with Crippen LogP contribution in [-0.4, -0.2) is 4.98 Å². The summed E-state index contributed by atoms with van der Waals surface area (Å²) in [5, 5.41) is 0. The summed E-state index contributed by atoms with van der Waals surface area (Å²) >= 11 is 0. The van der Waals surface area contributed by atoms with E-state index < -0.39 is 0 Å². The van der Waals surface area contributed by atoms with Gasteiger partial charge >= 0.3 is 0 Å². The van der Waals surface area contributed by atoms with Crippen molar-refractivity contribution in [2.75, 3.05) is 0 Å². The molecule has 0 amide bonds. The number of hydrogen-bond donors (Lipinski definition) is 0. The molecular formula is C10H13N. The number of hydrogen-bond acceptors (Lipinski definition) is 1. The van der Waals surface area contributed by atoms with Gasteiger partial charge in [0.15, 0.2) is 0 Å². The fourth-order valence-electron chi connectivity index (χ4n) is 0.849. The minimum Gasteiger partial charge on any atom is -0.256 e. The van der Waals surface area contributed by atoms with Gasteiger partial charge in [-0.3, -0.25) is 4.98 Å². The lowest BCUT2D eigenvalue weighted by molar-refractivity contribution is 1.22. The van der Waals surface area contributed by atoms with E-state index in [-0.39, 0.29) is 0 Å². The molecule has 0 saturated heterocycles. The maximum absolute atomic E-state index is 4.28. The Bertz CT molecular complexity index is 257. The molecule has 0 aromatic carbocycles. The van der Waals surface area contributed by atoms with Crippen molar-refractivity contribution in [3.8, 4) is 0 Å². The molecule has 0 saturated carbocycles. The molecule has 0 N–H and O–H groups in total. The maximum atomic E-state index is 4.28. The molecule has 1 aromatic rings. The fourth-order valence-corrected chi connectivity index (χ4v) is 0.849. The molecule has 0 bridgehead atoms. The Morgan fingerprint density at radius 1 is 1.45 bits per heavy atom. The highest BCUT2D eigenvalue weighted by atomic mass is 14.7. The van der Waals surface area contributed by atoms with E-state index in [9.17, 15) is 0 Å². The Labute approximate surface area is 67.8 Å². The van der Waals surface area contributed by atoms with Crippen LogP contribution in [0.4, 0.5) is 0 Å². The van der Waals surface area contributed by atoms with Crippen molar-refractivity contribution >= 4 is 5.57 Å². The van der Waals surface area contributed by atoms with E-state index in [4.69, 9.17) is 0 Å². The largest absolute Gasteiger partial charge is 0.256 e. The molecule has 0 aliphatic carbocycles. The third kappa shape index (κ3) is 1.90. The highest BCUT2D eigenvalue weighted by molar-refractivity contribution is 5.59. The third-order valence-corrected chi connectivity index (χ3v) is 1.75. The first-order valence-electron chi connectivity index (χ1n) is 3.80. The highest BCUT2D eigenvalue weighted by Gasteiger charge is 1.93. The van der Waals surface area contributed by atoms with Crippen LogP contribution in [0, 0.1) is 6.92 Å². The molecule has 1 nitrogen and oxygen atoms in total. The number of pyridine rings is 1. The molecule has 11 heavy (non-hydrogen) atoms. The Morgan fingerprint density at radius 2 is 2.18 bits per heavy atom. The lowest BCUT2D eigenvalue weighted by Crippen LogP contribution is -1.85. The fraction of sp³-hybridized carbons (Fsp3) is 0.300. The van der Waals surface area contributed by atoms with E-state index in [1.165, 1.54) is 11.1 Å². The van der Waals surface area contributed by atoms with Crippen molar-refractivity contribution in [1.29, 1.82) is 0 Å². The van der Waals surface area contributed by atoms with E-state index in [0.29, 0.717) is 0 Å². The smallest absolute Gasteiger partial charge is 0.0655 e. The highest BCUT2D eigenvalue weighted by Crippen LogP contribution is 2.09. The monoisotopic (exact) mass is 147 g/mol. The molecule has 1 heteroatoms. The lowest BCUT2D eigenvalue weighted by atomic mass is 10.2. The van der Waals surface area contributed by atoms with Crippen LogP contribution in [0.25, 0.3) is 5.57 Å². The number of rotatable bonds is 1. The van der Waals surface area contributed by atoms with Gasteiger partial charge in [0.05, 0.1) is 5.69 Å². The minimum absolute atomic E-state index is 1.07. The molecule has 0 radical (unpaired) electrons. The topological polar surface area (TPSA) is 12.9 Å². The summed E-state index contributed by atoms with van der Waals surface area (Å²) in [6.07, 6.45) is 3.96. The molecule has 0 aliphatic rings. The first-order chi connectivity index (χ1) is 5.24. The van der Waals surface area contributed by atoms with Crippen LogP contribution < -0.4 is 0 Å². The van der Waals surface area contributed by atoms with Crippen LogP contribution in [0.15, 0.2) is 24.4 Å². The molecule has 1 aromatic heterocycles. The maximum Gasteiger partial charge on any atom is 0.0655 e. The van der Waals surface area contributed by atoms with E-state index in [1.54, 1.807) is 0 Å². The van der Waals surface area contributed by atoms with E-state index in [1.807, 2.05) is 26.1 Å². The Morgan fingerprint density at radius 3 is 2.64 bits per heavy atom. The molecule has 0 spiro atoms. The summed E-state index contributed by atoms with van der Waals surface area (Å²) in [6, 6.07) is 4.12. The second-order valence-corrected chi connectivity index (χ2v) is 2.69. The second-order valence-electron chi connectivity index (χ2n) is 2.69. The van der Waals surface area contributed by atoms with Crippen LogP contribution >= 0.6 is 0 Å². The molecular weight excluding hydrogens is 134 g/mol. The average molecular weight is 147 g/mol. The zero-order chi connectivity index (χ0) is 8.27. The van der Waals surface area contributed by atoms with Crippen molar-refractivity contribution in [2.45, 2.75) is 20.8 Å². The van der Waals surface area contributed by atoms with E-state index >= 15 is 0 Å². The first-order valence-corrected chi connectivity index (χ1v) is 3.80. The van der Waals surface area contributed by atoms with Gasteiger partial charge in [0.2, 0.25) is 0 Å². The number of aryl methyl sites for hydroxylation is 1. The third-order valence-electron chi connectivity index (χ3n) is 1.75. The van der Waals surface area contributed by atoms with Gasteiger partial charge in [-0.2, -0.15) is 0 Å². The number of aromatic nitrogens is 1. The molecule has 1 heterocycles. The van der Waals surface area contributed by atoms with Crippen LogP contribution in [0.1, 0.15) is 25.1 Å². The molecule has 0 fully saturated rings. The Kier molecular flexibility index (Phi) is 2.42. The zero-order valence-electron chi connectivity index (χ0n) is 7.26. The van der Waals surface area contributed by atoms with Crippen molar-refractivity contribution in [3.63, 3.8) is 0 Å². The van der Waals surface area contributed by atoms with E-state index in [0.717, 1.165) is 5.69 Å². The quantitative estimate of drug-likeness (QED) is 0.595. The second kappa shape index (κ2) is 3.33. The molecule has 1 rings (SSSR count). The summed E-state index contributed by atoms with van der Waals surface area (Å²) in [7, 11) is 0. The predicted molar refractivity (Wildman–Crippen MR) is 48.3 cm³/mol. The van der Waals surface area contributed by atoms with Crippen LogP contribution in [0.3, 0.4) is 0 Å². The predicted octanol–water partition coefficient (Wildman–Crippen LogP) is 2.81. The molecule has 0 aliphatic heterocycles. The summed E-state index contributed by atoms with van der Waals surface area (Å²) in [5.74, 6) is 0. The van der Waals surface area contributed by atoms with Gasteiger partial charge in [0, 0.05) is 6.20 Å². The molecule has 0 atom stereocenters. The minimum atomic E-state index is 1.07. The van der Waals surface area contributed by atoms with Gasteiger partial charge in [-0.25, -0.2) is 0 Å². The Hall–Kier alpha value is -1.11. The summed E-state index contributed by atoms with van der Waals surface area (Å²) in [4.78, 5) is 4.28. The van der Waals surface area contributed by atoms with Crippen LogP contribution in [0.5, 0.6) is 0 Å². The number of nitrogens with zero attached hydrogens (tertiary/aromatic N) is 1. The van der Waals surface area contributed by atoms with Gasteiger partial charge in [0.25, 0.3) is 0 Å². The summed E-state index contributed by atoms with van der Waals surface area (Å²) < 4.78 is 0. The summed E-state index contributed by atoms with van der Waals surface area (Å²) in [5.41, 5.74) is 3.50. The van der Waals surface area contributed by atoms with Gasteiger partial charge < -0.3 is 0 Å². The lowest BCUT2D eigenvalue weighted by Gasteiger charge is -1.98. The standard InChI is InChI=1S/C10H13N/c1-4-9(3)10-6-5-8(2)7-11-10/h4-7H,1-3H3/b9-4+. The van der Waals surface area contributed by atoms with Crippen LogP contribution in [-0.2, 0) is 0 Å². The van der Waals surface area contributed by atoms with Crippen molar-refractivity contribution < 1.29 is 0 Å². The number of allylic oxidation sites excluding steroid dienone is 2. The SMILES string of the molecule is C/C=C(\C)c1ccc(C)cn1. The van der Waals surface area contributed by atoms with Crippen molar-refractivity contribution in [1.82, 2.24) is 4.98 Å². The summed E-state index contributed by atoms with van der Waals surface area (Å²) in [6.45, 7) is 6.14.